The zero-order valence-corrected chi connectivity index (χ0v) is 11.7. The molecule has 14 heavy (non-hydrogen) atoms. The summed E-state index contributed by atoms with van der Waals surface area (Å²) in [4.78, 5) is 4.25. The van der Waals surface area contributed by atoms with Gasteiger partial charge in [-0.3, -0.25) is 0 Å². The monoisotopic (exact) mass is 340 g/mol. The molecule has 0 aliphatic rings. The molecule has 0 saturated heterocycles. The molecule has 0 aliphatic heterocycles. The minimum absolute atomic E-state index is 0.265. The fourth-order valence-corrected chi connectivity index (χ4v) is 2.36. The summed E-state index contributed by atoms with van der Waals surface area (Å²) < 4.78 is 1.89. The number of rotatable bonds is 4. The maximum absolute atomic E-state index is 5.79. The van der Waals surface area contributed by atoms with Crippen LogP contribution in [0.3, 0.4) is 0 Å². The lowest BCUT2D eigenvalue weighted by molar-refractivity contribution is 0.764. The van der Waals surface area contributed by atoms with Crippen LogP contribution in [0.15, 0.2) is 21.2 Å². The van der Waals surface area contributed by atoms with Crippen molar-refractivity contribution in [3.8, 4) is 0 Å². The van der Waals surface area contributed by atoms with E-state index in [0.29, 0.717) is 5.88 Å². The molecule has 1 aromatic heterocycles. The van der Waals surface area contributed by atoms with Crippen LogP contribution in [0.4, 0.5) is 5.82 Å². The molecule has 0 fully saturated rings. The first kappa shape index (κ1) is 12.3. The van der Waals surface area contributed by atoms with Crippen molar-refractivity contribution in [1.29, 1.82) is 0 Å². The summed E-state index contributed by atoms with van der Waals surface area (Å²) in [5, 5.41) is 3.26. The van der Waals surface area contributed by atoms with Crippen molar-refractivity contribution in [3.63, 3.8) is 0 Å². The Morgan fingerprint density at radius 1 is 1.57 bits per heavy atom. The molecule has 1 N–H and O–H groups in total. The van der Waals surface area contributed by atoms with E-state index in [1.807, 2.05) is 6.07 Å². The molecule has 0 saturated carbocycles. The molecule has 1 heterocycles. The predicted molar refractivity (Wildman–Crippen MR) is 68.1 cm³/mol. The van der Waals surface area contributed by atoms with E-state index in [1.54, 1.807) is 6.20 Å². The molecule has 0 amide bonds. The Morgan fingerprint density at radius 2 is 2.29 bits per heavy atom. The Bertz CT molecular complexity index is 303. The van der Waals surface area contributed by atoms with Gasteiger partial charge in [0.1, 0.15) is 5.82 Å². The normalized spacial score (nSPS) is 12.6. The highest BCUT2D eigenvalue weighted by molar-refractivity contribution is 9.11. The second-order valence-corrected chi connectivity index (χ2v) is 4.97. The summed E-state index contributed by atoms with van der Waals surface area (Å²) in [5.41, 5.74) is 0. The molecule has 0 spiro atoms. The van der Waals surface area contributed by atoms with Crippen LogP contribution in [0.5, 0.6) is 0 Å². The van der Waals surface area contributed by atoms with Gasteiger partial charge in [-0.25, -0.2) is 4.98 Å². The van der Waals surface area contributed by atoms with E-state index >= 15 is 0 Å². The van der Waals surface area contributed by atoms with E-state index in [4.69, 9.17) is 11.6 Å². The van der Waals surface area contributed by atoms with Crippen LogP contribution >= 0.6 is 43.5 Å². The fourth-order valence-electron chi connectivity index (χ4n) is 0.964. The van der Waals surface area contributed by atoms with Gasteiger partial charge in [-0.2, -0.15) is 0 Å². The Balaban J connectivity index is 2.76. The smallest absolute Gasteiger partial charge is 0.140 e. The molecule has 1 unspecified atom stereocenters. The highest BCUT2D eigenvalue weighted by atomic mass is 79.9. The van der Waals surface area contributed by atoms with Crippen molar-refractivity contribution >= 4 is 49.3 Å². The number of hydrogen-bond acceptors (Lipinski definition) is 2. The number of nitrogens with one attached hydrogen (secondary N) is 1. The summed E-state index contributed by atoms with van der Waals surface area (Å²) in [6.07, 6.45) is 2.74. The third-order valence-electron chi connectivity index (χ3n) is 1.83. The average molecular weight is 342 g/mol. The van der Waals surface area contributed by atoms with E-state index in [0.717, 1.165) is 21.2 Å². The van der Waals surface area contributed by atoms with Crippen molar-refractivity contribution in [2.24, 2.45) is 0 Å². The van der Waals surface area contributed by atoms with Crippen LogP contribution in [-0.2, 0) is 0 Å². The molecular formula is C9H11Br2ClN2. The lowest BCUT2D eigenvalue weighted by atomic mass is 10.2. The highest BCUT2D eigenvalue weighted by Gasteiger charge is 2.07. The molecule has 1 rings (SSSR count). The fraction of sp³-hybridized carbons (Fsp3) is 0.444. The number of anilines is 1. The summed E-state index contributed by atoms with van der Waals surface area (Å²) in [5.74, 6) is 1.42. The molecule has 0 radical (unpaired) electrons. The van der Waals surface area contributed by atoms with Gasteiger partial charge in [0.15, 0.2) is 0 Å². The number of nitrogens with zero attached hydrogens (tertiary/aromatic N) is 1. The summed E-state index contributed by atoms with van der Waals surface area (Å²) in [6, 6.07) is 2.22. The van der Waals surface area contributed by atoms with Crippen molar-refractivity contribution in [1.82, 2.24) is 4.98 Å². The van der Waals surface area contributed by atoms with Crippen molar-refractivity contribution in [2.45, 2.75) is 19.4 Å². The van der Waals surface area contributed by atoms with Gasteiger partial charge >= 0.3 is 0 Å². The maximum Gasteiger partial charge on any atom is 0.140 e. The molecular weight excluding hydrogens is 331 g/mol. The summed E-state index contributed by atoms with van der Waals surface area (Å²) >= 11 is 12.6. The third-order valence-corrected chi connectivity index (χ3v) is 3.24. The van der Waals surface area contributed by atoms with E-state index in [2.05, 4.69) is 49.1 Å². The first-order chi connectivity index (χ1) is 6.67. The molecule has 78 valence electrons. The Morgan fingerprint density at radius 3 is 2.79 bits per heavy atom. The lowest BCUT2D eigenvalue weighted by Crippen LogP contribution is -2.20. The Hall–Kier alpha value is 0.200. The van der Waals surface area contributed by atoms with Gasteiger partial charge in [-0.05, 0) is 44.3 Å². The minimum Gasteiger partial charge on any atom is -0.365 e. The Labute approximate surface area is 106 Å². The van der Waals surface area contributed by atoms with E-state index in [9.17, 15) is 0 Å². The molecule has 5 heteroatoms. The number of halogens is 3. The SMILES string of the molecule is CCC(CCl)Nc1ncc(Br)cc1Br. The van der Waals surface area contributed by atoms with Gasteiger partial charge in [0.25, 0.3) is 0 Å². The molecule has 0 aromatic carbocycles. The minimum atomic E-state index is 0.265. The quantitative estimate of drug-likeness (QED) is 0.836. The number of aromatic nitrogens is 1. The van der Waals surface area contributed by atoms with Gasteiger partial charge < -0.3 is 5.32 Å². The largest absolute Gasteiger partial charge is 0.365 e. The van der Waals surface area contributed by atoms with E-state index < -0.39 is 0 Å². The van der Waals surface area contributed by atoms with Crippen LogP contribution in [0.25, 0.3) is 0 Å². The standard InChI is InChI=1S/C9H11Br2ClN2/c1-2-7(4-12)14-9-8(11)3-6(10)5-13-9/h3,5,7H,2,4H2,1H3,(H,13,14). The zero-order chi connectivity index (χ0) is 10.6. The second kappa shape index (κ2) is 5.93. The number of hydrogen-bond donors (Lipinski definition) is 1. The van der Waals surface area contributed by atoms with E-state index in [-0.39, 0.29) is 6.04 Å². The third kappa shape index (κ3) is 3.41. The van der Waals surface area contributed by atoms with Crippen LogP contribution in [0.2, 0.25) is 0 Å². The van der Waals surface area contributed by atoms with Gasteiger partial charge in [0, 0.05) is 22.6 Å². The first-order valence-corrected chi connectivity index (χ1v) is 6.43. The zero-order valence-electron chi connectivity index (χ0n) is 7.73. The van der Waals surface area contributed by atoms with Crippen molar-refractivity contribution in [2.75, 3.05) is 11.2 Å². The van der Waals surface area contributed by atoms with Crippen LogP contribution in [0, 0.1) is 0 Å². The first-order valence-electron chi connectivity index (χ1n) is 4.31. The number of alkyl halides is 1. The maximum atomic E-state index is 5.79. The lowest BCUT2D eigenvalue weighted by Gasteiger charge is -2.15. The molecule has 0 bridgehead atoms. The van der Waals surface area contributed by atoms with Crippen molar-refractivity contribution in [3.05, 3.63) is 21.2 Å². The van der Waals surface area contributed by atoms with Crippen LogP contribution in [-0.4, -0.2) is 16.9 Å². The van der Waals surface area contributed by atoms with Gasteiger partial charge in [-0.1, -0.05) is 6.92 Å². The predicted octanol–water partition coefficient (Wildman–Crippen LogP) is 4.04. The number of pyridine rings is 1. The molecule has 1 atom stereocenters. The molecule has 0 aliphatic carbocycles. The highest BCUT2D eigenvalue weighted by Crippen LogP contribution is 2.24. The van der Waals surface area contributed by atoms with Gasteiger partial charge in [0.2, 0.25) is 0 Å². The van der Waals surface area contributed by atoms with Crippen LogP contribution in [0.1, 0.15) is 13.3 Å². The van der Waals surface area contributed by atoms with Gasteiger partial charge in [0.05, 0.1) is 4.47 Å². The second-order valence-electron chi connectivity index (χ2n) is 2.89. The topological polar surface area (TPSA) is 24.9 Å². The Kier molecular flexibility index (Phi) is 5.20. The van der Waals surface area contributed by atoms with Gasteiger partial charge in [-0.15, -0.1) is 11.6 Å². The molecule has 1 aromatic rings. The summed E-state index contributed by atoms with van der Waals surface area (Å²) in [7, 11) is 0. The molecule has 2 nitrogen and oxygen atoms in total. The van der Waals surface area contributed by atoms with Crippen molar-refractivity contribution < 1.29 is 0 Å². The average Bonchev–Trinajstić information content (AvgIpc) is 2.17. The summed E-state index contributed by atoms with van der Waals surface area (Å²) in [6.45, 7) is 2.09. The van der Waals surface area contributed by atoms with Crippen LogP contribution < -0.4 is 5.32 Å². The van der Waals surface area contributed by atoms with E-state index in [1.165, 1.54) is 0 Å².